The number of anilines is 3. The van der Waals surface area contributed by atoms with Crippen LogP contribution in [0.4, 0.5) is 17.1 Å². The van der Waals surface area contributed by atoms with Gasteiger partial charge in [0.25, 0.3) is 0 Å². The average Bonchev–Trinajstić information content (AvgIpc) is 3.67. The Kier molecular flexibility index (Phi) is 8.22. The van der Waals surface area contributed by atoms with Crippen LogP contribution in [0.15, 0.2) is 212 Å². The molecule has 0 N–H and O–H groups in total. The lowest BCUT2D eigenvalue weighted by Gasteiger charge is -2.26. The topological polar surface area (TPSA) is 29.0 Å². The third-order valence-corrected chi connectivity index (χ3v) is 11.5. The third kappa shape index (κ3) is 6.01. The molecule has 0 spiro atoms. The molecule has 0 saturated heterocycles. The van der Waals surface area contributed by atoms with Gasteiger partial charge in [-0.2, -0.15) is 0 Å². The van der Waals surface area contributed by atoms with Gasteiger partial charge in [0.15, 0.2) is 5.82 Å². The highest BCUT2D eigenvalue weighted by molar-refractivity contribution is 5.99. The zero-order valence-electron chi connectivity index (χ0n) is 31.8. The van der Waals surface area contributed by atoms with E-state index < -0.39 is 0 Å². The fourth-order valence-corrected chi connectivity index (χ4v) is 8.61. The summed E-state index contributed by atoms with van der Waals surface area (Å²) in [5.41, 5.74) is 17.3. The molecule has 3 heteroatoms. The van der Waals surface area contributed by atoms with Crippen molar-refractivity contribution in [1.82, 2.24) is 9.97 Å². The summed E-state index contributed by atoms with van der Waals surface area (Å²) in [6.07, 6.45) is 0.878. The van der Waals surface area contributed by atoms with Gasteiger partial charge in [0.05, 0.1) is 11.2 Å². The molecule has 0 saturated carbocycles. The first kappa shape index (κ1) is 33.7. The van der Waals surface area contributed by atoms with Gasteiger partial charge in [0.2, 0.25) is 0 Å². The van der Waals surface area contributed by atoms with E-state index in [-0.39, 0.29) is 0 Å². The molecule has 1 aliphatic rings. The van der Waals surface area contributed by atoms with E-state index in [2.05, 4.69) is 217 Å². The second kappa shape index (κ2) is 14.1. The highest BCUT2D eigenvalue weighted by atomic mass is 15.1. The fraction of sp³-hybridized carbons (Fsp3) is 0.0182. The number of benzene rings is 9. The lowest BCUT2D eigenvalue weighted by Crippen LogP contribution is -2.10. The first-order valence-corrected chi connectivity index (χ1v) is 19.9. The van der Waals surface area contributed by atoms with Gasteiger partial charge in [-0.05, 0) is 122 Å². The molecule has 0 fully saturated rings. The number of hydrogen-bond donors (Lipinski definition) is 0. The Labute approximate surface area is 338 Å². The van der Waals surface area contributed by atoms with E-state index in [0.717, 1.165) is 45.6 Å². The lowest BCUT2D eigenvalue weighted by atomic mass is 9.96. The molecule has 10 aromatic rings. The van der Waals surface area contributed by atoms with Crippen molar-refractivity contribution in [2.75, 3.05) is 4.90 Å². The molecule has 0 unspecified atom stereocenters. The lowest BCUT2D eigenvalue weighted by molar-refractivity contribution is 1.21. The normalized spacial score (nSPS) is 11.7. The van der Waals surface area contributed by atoms with Gasteiger partial charge >= 0.3 is 0 Å². The molecular formula is C55H37N3. The molecule has 9 aromatic carbocycles. The van der Waals surface area contributed by atoms with E-state index in [9.17, 15) is 0 Å². The van der Waals surface area contributed by atoms with E-state index in [1.54, 1.807) is 0 Å². The van der Waals surface area contributed by atoms with Gasteiger partial charge in [0, 0.05) is 33.6 Å². The minimum absolute atomic E-state index is 0.713. The number of rotatable bonds is 7. The monoisotopic (exact) mass is 739 g/mol. The summed E-state index contributed by atoms with van der Waals surface area (Å²) in [6.45, 7) is 0. The highest BCUT2D eigenvalue weighted by Gasteiger charge is 2.24. The number of aromatic nitrogens is 2. The van der Waals surface area contributed by atoms with Crippen molar-refractivity contribution in [3.63, 3.8) is 0 Å². The van der Waals surface area contributed by atoms with Crippen molar-refractivity contribution in [3.8, 4) is 56.0 Å². The molecule has 272 valence electrons. The summed E-state index contributed by atoms with van der Waals surface area (Å²) in [4.78, 5) is 12.8. The quantitative estimate of drug-likeness (QED) is 0.163. The number of nitrogens with zero attached hydrogens (tertiary/aromatic N) is 3. The highest BCUT2D eigenvalue weighted by Crippen LogP contribution is 2.44. The molecule has 1 heterocycles. The van der Waals surface area contributed by atoms with E-state index in [4.69, 9.17) is 9.97 Å². The molecule has 0 amide bonds. The Morgan fingerprint density at radius 3 is 1.48 bits per heavy atom. The Morgan fingerprint density at radius 1 is 0.362 bits per heavy atom. The minimum atomic E-state index is 0.713. The van der Waals surface area contributed by atoms with Crippen LogP contribution in [0.3, 0.4) is 0 Å². The molecule has 0 radical (unpaired) electrons. The first-order chi connectivity index (χ1) is 28.7. The molecule has 3 nitrogen and oxygen atoms in total. The fourth-order valence-electron chi connectivity index (χ4n) is 8.61. The standard InChI is InChI=1S/C55H37N3/c1-3-12-37(13-4-1)39-22-28-45(29-23-39)58(46-30-24-40(25-31-46)38-14-5-2-6-15-38)47-32-26-41(27-33-47)55-56-53-21-10-9-18-50(53)54(57-55)49-20-11-19-48-51-35-43-17-8-7-16-42(43)34-44(51)36-52(48)49/h1-35H,36H2. The molecule has 11 rings (SSSR count). The Balaban J connectivity index is 0.985. The smallest absolute Gasteiger partial charge is 0.160 e. The number of hydrogen-bond acceptors (Lipinski definition) is 3. The van der Waals surface area contributed by atoms with Gasteiger partial charge < -0.3 is 4.90 Å². The SMILES string of the molecule is c1ccc(-c2ccc(N(c3ccc(-c4ccccc4)cc3)c3ccc(-c4nc(-c5cccc6c5Cc5cc7ccccc7cc5-6)c5ccccc5n4)cc3)cc2)cc1. The largest absolute Gasteiger partial charge is 0.311 e. The van der Waals surface area contributed by atoms with Crippen LogP contribution in [-0.4, -0.2) is 9.97 Å². The zero-order valence-corrected chi connectivity index (χ0v) is 31.8. The third-order valence-electron chi connectivity index (χ3n) is 11.5. The minimum Gasteiger partial charge on any atom is -0.311 e. The Bertz CT molecular complexity index is 3020. The maximum Gasteiger partial charge on any atom is 0.160 e. The maximum atomic E-state index is 5.38. The van der Waals surface area contributed by atoms with Gasteiger partial charge in [-0.15, -0.1) is 0 Å². The average molecular weight is 740 g/mol. The van der Waals surface area contributed by atoms with Gasteiger partial charge in [-0.1, -0.05) is 152 Å². The predicted molar refractivity (Wildman–Crippen MR) is 242 cm³/mol. The summed E-state index contributed by atoms with van der Waals surface area (Å²) >= 11 is 0. The summed E-state index contributed by atoms with van der Waals surface area (Å²) in [6, 6.07) is 75.8. The van der Waals surface area contributed by atoms with Crippen LogP contribution in [0.5, 0.6) is 0 Å². The summed E-state index contributed by atoms with van der Waals surface area (Å²) < 4.78 is 0. The van der Waals surface area contributed by atoms with Crippen LogP contribution in [0.25, 0.3) is 77.7 Å². The van der Waals surface area contributed by atoms with Crippen molar-refractivity contribution < 1.29 is 0 Å². The van der Waals surface area contributed by atoms with Crippen LogP contribution in [0.2, 0.25) is 0 Å². The van der Waals surface area contributed by atoms with Gasteiger partial charge in [0.1, 0.15) is 0 Å². The van der Waals surface area contributed by atoms with Crippen molar-refractivity contribution in [1.29, 1.82) is 0 Å². The zero-order chi connectivity index (χ0) is 38.4. The summed E-state index contributed by atoms with van der Waals surface area (Å²) in [5, 5.41) is 3.60. The second-order valence-corrected chi connectivity index (χ2v) is 15.0. The summed E-state index contributed by atoms with van der Waals surface area (Å²) in [7, 11) is 0. The molecule has 1 aliphatic carbocycles. The molecule has 58 heavy (non-hydrogen) atoms. The molecule has 0 bridgehead atoms. The van der Waals surface area contributed by atoms with Crippen molar-refractivity contribution in [2.45, 2.75) is 6.42 Å². The van der Waals surface area contributed by atoms with Crippen LogP contribution in [0.1, 0.15) is 11.1 Å². The van der Waals surface area contributed by atoms with Crippen molar-refractivity contribution >= 4 is 38.7 Å². The van der Waals surface area contributed by atoms with Crippen LogP contribution >= 0.6 is 0 Å². The van der Waals surface area contributed by atoms with E-state index in [0.29, 0.717) is 5.82 Å². The molecule has 0 aliphatic heterocycles. The molecular weight excluding hydrogens is 703 g/mol. The Morgan fingerprint density at radius 2 is 0.862 bits per heavy atom. The molecule has 1 aromatic heterocycles. The van der Waals surface area contributed by atoms with Crippen LogP contribution in [0, 0.1) is 0 Å². The van der Waals surface area contributed by atoms with Crippen molar-refractivity contribution in [3.05, 3.63) is 223 Å². The van der Waals surface area contributed by atoms with Gasteiger partial charge in [-0.25, -0.2) is 9.97 Å². The first-order valence-electron chi connectivity index (χ1n) is 19.9. The van der Waals surface area contributed by atoms with E-state index >= 15 is 0 Å². The van der Waals surface area contributed by atoms with Crippen LogP contribution in [-0.2, 0) is 6.42 Å². The predicted octanol–water partition coefficient (Wildman–Crippen LogP) is 14.5. The number of fused-ring (bicyclic) bond motifs is 5. The van der Waals surface area contributed by atoms with Crippen LogP contribution < -0.4 is 4.90 Å². The summed E-state index contributed by atoms with van der Waals surface area (Å²) in [5.74, 6) is 0.713. The molecule has 0 atom stereocenters. The van der Waals surface area contributed by atoms with Crippen molar-refractivity contribution in [2.24, 2.45) is 0 Å². The second-order valence-electron chi connectivity index (χ2n) is 15.0. The van der Waals surface area contributed by atoms with E-state index in [1.165, 1.54) is 60.8 Å². The maximum absolute atomic E-state index is 5.38. The van der Waals surface area contributed by atoms with E-state index in [1.807, 2.05) is 0 Å². The number of para-hydroxylation sites is 1. The Hall–Kier alpha value is -7.62. The van der Waals surface area contributed by atoms with Gasteiger partial charge in [-0.3, -0.25) is 0 Å².